The number of halogens is 1. The van der Waals surface area contributed by atoms with E-state index in [2.05, 4.69) is 9.99 Å². The Morgan fingerprint density at radius 1 is 1.47 bits per heavy atom. The molecule has 76 valence electrons. The van der Waals surface area contributed by atoms with Crippen molar-refractivity contribution in [3.63, 3.8) is 0 Å². The van der Waals surface area contributed by atoms with Gasteiger partial charge in [0.15, 0.2) is 0 Å². The zero-order valence-corrected chi connectivity index (χ0v) is 8.14. The molecule has 0 saturated carbocycles. The summed E-state index contributed by atoms with van der Waals surface area (Å²) in [5, 5.41) is 12.2. The third-order valence-electron chi connectivity index (χ3n) is 1.62. The highest BCUT2D eigenvalue weighted by molar-refractivity contribution is 5.89. The summed E-state index contributed by atoms with van der Waals surface area (Å²) in [7, 11) is 1.39. The number of rotatable bonds is 3. The highest BCUT2D eigenvalue weighted by Gasteiger charge is 1.93. The van der Waals surface area contributed by atoms with Gasteiger partial charge in [0.25, 0.3) is 0 Å². The largest absolute Gasteiger partial charge is 0.399 e. The molecule has 0 aliphatic rings. The van der Waals surface area contributed by atoms with Gasteiger partial charge in [-0.25, -0.2) is 4.39 Å². The molecule has 0 bridgehead atoms. The topological polar surface area (TPSA) is 45.4 Å². The Hall–Kier alpha value is -2.15. The van der Waals surface area contributed by atoms with Gasteiger partial charge in [-0.05, 0) is 23.8 Å². The molecule has 0 N–H and O–H groups in total. The van der Waals surface area contributed by atoms with E-state index in [9.17, 15) is 4.39 Å². The fraction of sp³-hybridized carbons (Fsp3) is 0.0909. The van der Waals surface area contributed by atoms with Crippen LogP contribution in [0.1, 0.15) is 5.56 Å². The predicted octanol–water partition coefficient (Wildman–Crippen LogP) is 2.36. The number of benzene rings is 1. The van der Waals surface area contributed by atoms with Crippen LogP contribution in [0, 0.1) is 17.1 Å². The standard InChI is InChI=1S/C11H9FN2O/c1-15-14-8-10(7-13)6-9-2-4-11(12)5-3-9/h2-6,8H,1H3/b10-6-,14-8+. The summed E-state index contributed by atoms with van der Waals surface area (Å²) in [6.45, 7) is 0. The minimum absolute atomic E-state index is 0.309. The molecule has 0 fully saturated rings. The Bertz CT molecular complexity index is 415. The smallest absolute Gasteiger partial charge is 0.123 e. The van der Waals surface area contributed by atoms with E-state index in [1.165, 1.54) is 25.5 Å². The van der Waals surface area contributed by atoms with Crippen molar-refractivity contribution in [2.45, 2.75) is 0 Å². The molecule has 0 saturated heterocycles. The predicted molar refractivity (Wildman–Crippen MR) is 55.5 cm³/mol. The molecular formula is C11H9FN2O. The van der Waals surface area contributed by atoms with E-state index in [1.54, 1.807) is 18.2 Å². The first-order chi connectivity index (χ1) is 7.26. The molecule has 15 heavy (non-hydrogen) atoms. The molecule has 0 amide bonds. The van der Waals surface area contributed by atoms with Crippen LogP contribution in [0.3, 0.4) is 0 Å². The summed E-state index contributed by atoms with van der Waals surface area (Å²) in [4.78, 5) is 4.45. The number of nitriles is 1. The van der Waals surface area contributed by atoms with E-state index in [0.717, 1.165) is 5.56 Å². The van der Waals surface area contributed by atoms with Crippen molar-refractivity contribution in [1.29, 1.82) is 5.26 Å². The molecule has 0 atom stereocenters. The molecule has 0 aromatic heterocycles. The fourth-order valence-corrected chi connectivity index (χ4v) is 0.946. The average Bonchev–Trinajstić information content (AvgIpc) is 2.27. The summed E-state index contributed by atoms with van der Waals surface area (Å²) in [5.74, 6) is -0.309. The average molecular weight is 204 g/mol. The molecule has 0 unspecified atom stereocenters. The zero-order valence-electron chi connectivity index (χ0n) is 8.14. The van der Waals surface area contributed by atoms with Crippen LogP contribution in [0.25, 0.3) is 6.08 Å². The van der Waals surface area contributed by atoms with Crippen LogP contribution in [0.4, 0.5) is 4.39 Å². The molecule has 1 aromatic rings. The molecule has 0 aliphatic carbocycles. The van der Waals surface area contributed by atoms with E-state index in [0.29, 0.717) is 5.57 Å². The van der Waals surface area contributed by atoms with Crippen molar-refractivity contribution in [3.8, 4) is 6.07 Å². The normalized spacial score (nSPS) is 11.4. The van der Waals surface area contributed by atoms with Crippen molar-refractivity contribution < 1.29 is 9.23 Å². The Morgan fingerprint density at radius 2 is 2.13 bits per heavy atom. The zero-order chi connectivity index (χ0) is 11.1. The maximum absolute atomic E-state index is 12.6. The Balaban J connectivity index is 2.89. The van der Waals surface area contributed by atoms with Gasteiger partial charge in [0.2, 0.25) is 0 Å². The van der Waals surface area contributed by atoms with E-state index in [1.807, 2.05) is 6.07 Å². The summed E-state index contributed by atoms with van der Waals surface area (Å²) in [6, 6.07) is 7.75. The molecular weight excluding hydrogens is 195 g/mol. The van der Waals surface area contributed by atoms with Gasteiger partial charge in [-0.2, -0.15) is 5.26 Å². The van der Waals surface area contributed by atoms with Crippen LogP contribution in [-0.2, 0) is 4.84 Å². The minimum Gasteiger partial charge on any atom is -0.399 e. The monoisotopic (exact) mass is 204 g/mol. The van der Waals surface area contributed by atoms with Crippen molar-refractivity contribution in [1.82, 2.24) is 0 Å². The molecule has 0 aliphatic heterocycles. The molecule has 0 heterocycles. The summed E-state index contributed by atoms with van der Waals surface area (Å²) >= 11 is 0. The van der Waals surface area contributed by atoms with Gasteiger partial charge in [0.05, 0.1) is 11.8 Å². The summed E-state index contributed by atoms with van der Waals surface area (Å²) < 4.78 is 12.6. The van der Waals surface area contributed by atoms with Gasteiger partial charge in [0, 0.05) is 0 Å². The lowest BCUT2D eigenvalue weighted by molar-refractivity contribution is 0.215. The Kier molecular flexibility index (Phi) is 4.05. The maximum Gasteiger partial charge on any atom is 0.123 e. The highest BCUT2D eigenvalue weighted by atomic mass is 19.1. The summed E-state index contributed by atoms with van der Waals surface area (Å²) in [5.41, 5.74) is 1.07. The molecule has 0 radical (unpaired) electrons. The van der Waals surface area contributed by atoms with Crippen molar-refractivity contribution >= 4 is 12.3 Å². The molecule has 0 spiro atoms. The lowest BCUT2D eigenvalue weighted by Crippen LogP contribution is -1.83. The van der Waals surface area contributed by atoms with Crippen molar-refractivity contribution in [2.75, 3.05) is 7.11 Å². The van der Waals surface area contributed by atoms with Crippen LogP contribution in [0.5, 0.6) is 0 Å². The van der Waals surface area contributed by atoms with E-state index >= 15 is 0 Å². The van der Waals surface area contributed by atoms with Gasteiger partial charge in [-0.15, -0.1) is 0 Å². The number of hydrogen-bond donors (Lipinski definition) is 0. The quantitative estimate of drug-likeness (QED) is 0.431. The van der Waals surface area contributed by atoms with E-state index in [4.69, 9.17) is 5.26 Å². The molecule has 4 heteroatoms. The Morgan fingerprint density at radius 3 is 2.67 bits per heavy atom. The second-order valence-corrected chi connectivity index (χ2v) is 2.68. The second-order valence-electron chi connectivity index (χ2n) is 2.68. The van der Waals surface area contributed by atoms with E-state index < -0.39 is 0 Å². The van der Waals surface area contributed by atoms with Crippen LogP contribution >= 0.6 is 0 Å². The minimum atomic E-state index is -0.309. The number of oxime groups is 1. The first-order valence-corrected chi connectivity index (χ1v) is 4.20. The maximum atomic E-state index is 12.6. The SMILES string of the molecule is CO/N=C/C(C#N)=C\c1ccc(F)cc1. The molecule has 1 aromatic carbocycles. The van der Waals surface area contributed by atoms with Crippen LogP contribution in [0.2, 0.25) is 0 Å². The highest BCUT2D eigenvalue weighted by Crippen LogP contribution is 2.07. The van der Waals surface area contributed by atoms with Gasteiger partial charge in [0.1, 0.15) is 19.0 Å². The first-order valence-electron chi connectivity index (χ1n) is 4.20. The number of hydrogen-bond acceptors (Lipinski definition) is 3. The number of nitrogens with zero attached hydrogens (tertiary/aromatic N) is 2. The van der Waals surface area contributed by atoms with Crippen molar-refractivity contribution in [2.24, 2.45) is 5.16 Å². The Labute approximate surface area is 87.1 Å². The third kappa shape index (κ3) is 3.61. The van der Waals surface area contributed by atoms with Crippen LogP contribution in [-0.4, -0.2) is 13.3 Å². The first kappa shape index (κ1) is 10.9. The van der Waals surface area contributed by atoms with E-state index in [-0.39, 0.29) is 5.82 Å². The number of allylic oxidation sites excluding steroid dienone is 1. The lowest BCUT2D eigenvalue weighted by atomic mass is 10.1. The van der Waals surface area contributed by atoms with Crippen LogP contribution in [0.15, 0.2) is 35.0 Å². The van der Waals surface area contributed by atoms with Gasteiger partial charge < -0.3 is 4.84 Å². The lowest BCUT2D eigenvalue weighted by Gasteiger charge is -1.93. The van der Waals surface area contributed by atoms with Crippen LogP contribution < -0.4 is 0 Å². The second kappa shape index (κ2) is 5.55. The molecule has 1 rings (SSSR count). The fourth-order valence-electron chi connectivity index (χ4n) is 0.946. The molecule has 3 nitrogen and oxygen atoms in total. The summed E-state index contributed by atoms with van der Waals surface area (Å²) in [6.07, 6.45) is 2.88. The van der Waals surface area contributed by atoms with Gasteiger partial charge >= 0.3 is 0 Å². The third-order valence-corrected chi connectivity index (χ3v) is 1.62. The van der Waals surface area contributed by atoms with Crippen molar-refractivity contribution in [3.05, 3.63) is 41.2 Å². The van der Waals surface area contributed by atoms with Gasteiger partial charge in [-0.3, -0.25) is 0 Å². The van der Waals surface area contributed by atoms with Gasteiger partial charge in [-0.1, -0.05) is 17.3 Å².